The molecule has 5 nitrogen and oxygen atoms in total. The van der Waals surface area contributed by atoms with E-state index in [1.54, 1.807) is 18.2 Å². The van der Waals surface area contributed by atoms with Gasteiger partial charge in [0.25, 0.3) is 5.91 Å². The molecule has 102 valence electrons. The van der Waals surface area contributed by atoms with E-state index in [9.17, 15) is 14.7 Å². The van der Waals surface area contributed by atoms with Crippen molar-refractivity contribution in [1.29, 1.82) is 0 Å². The van der Waals surface area contributed by atoms with E-state index in [0.29, 0.717) is 23.5 Å². The molecule has 0 saturated carbocycles. The lowest BCUT2D eigenvalue weighted by atomic mass is 9.92. The zero-order valence-electron chi connectivity index (χ0n) is 10.5. The standard InChI is InChI=1S/C13H15BrN2O3/c1-8-5-6-16(10(7-8)13(18)19)12(17)9-3-2-4-11(14)15-9/h2-4,8,10H,5-7H2,1H3,(H,18,19). The lowest BCUT2D eigenvalue weighted by Crippen LogP contribution is -2.50. The monoisotopic (exact) mass is 326 g/mol. The number of aromatic nitrogens is 1. The first kappa shape index (κ1) is 14.0. The zero-order chi connectivity index (χ0) is 14.0. The predicted octanol–water partition coefficient (Wildman–Crippen LogP) is 2.17. The Morgan fingerprint density at radius 3 is 2.84 bits per heavy atom. The number of amides is 1. The van der Waals surface area contributed by atoms with Gasteiger partial charge >= 0.3 is 5.97 Å². The molecule has 1 fully saturated rings. The minimum absolute atomic E-state index is 0.273. The number of aliphatic carboxylic acids is 1. The minimum atomic E-state index is -0.949. The van der Waals surface area contributed by atoms with E-state index in [0.717, 1.165) is 6.42 Å². The molecule has 1 aromatic heterocycles. The molecule has 0 aliphatic carbocycles. The van der Waals surface area contributed by atoms with E-state index in [1.807, 2.05) is 6.92 Å². The number of piperidine rings is 1. The third kappa shape index (κ3) is 3.12. The van der Waals surface area contributed by atoms with E-state index in [2.05, 4.69) is 20.9 Å². The summed E-state index contributed by atoms with van der Waals surface area (Å²) in [7, 11) is 0. The van der Waals surface area contributed by atoms with Crippen LogP contribution in [-0.4, -0.2) is 39.5 Å². The molecule has 1 aliphatic heterocycles. The van der Waals surface area contributed by atoms with Crippen molar-refractivity contribution in [2.75, 3.05) is 6.54 Å². The average Bonchev–Trinajstić information content (AvgIpc) is 2.37. The van der Waals surface area contributed by atoms with E-state index in [-0.39, 0.29) is 11.6 Å². The van der Waals surface area contributed by atoms with Crippen LogP contribution in [0, 0.1) is 5.92 Å². The van der Waals surface area contributed by atoms with E-state index in [4.69, 9.17) is 0 Å². The Morgan fingerprint density at radius 2 is 2.21 bits per heavy atom. The fourth-order valence-electron chi connectivity index (χ4n) is 2.29. The van der Waals surface area contributed by atoms with Crippen molar-refractivity contribution in [2.24, 2.45) is 5.92 Å². The van der Waals surface area contributed by atoms with E-state index < -0.39 is 12.0 Å². The zero-order valence-corrected chi connectivity index (χ0v) is 12.1. The molecule has 2 unspecified atom stereocenters. The van der Waals surface area contributed by atoms with Crippen LogP contribution in [0.25, 0.3) is 0 Å². The summed E-state index contributed by atoms with van der Waals surface area (Å²) in [6.45, 7) is 2.47. The lowest BCUT2D eigenvalue weighted by molar-refractivity contribution is -0.144. The molecule has 6 heteroatoms. The lowest BCUT2D eigenvalue weighted by Gasteiger charge is -2.35. The number of carbonyl (C=O) groups excluding carboxylic acids is 1. The number of carbonyl (C=O) groups is 2. The number of nitrogens with zero attached hydrogens (tertiary/aromatic N) is 2. The number of carboxylic acids is 1. The van der Waals surface area contributed by atoms with Crippen LogP contribution in [0.15, 0.2) is 22.8 Å². The van der Waals surface area contributed by atoms with Crippen LogP contribution in [0.1, 0.15) is 30.3 Å². The first-order chi connectivity index (χ1) is 8.99. The van der Waals surface area contributed by atoms with Gasteiger partial charge in [0.05, 0.1) is 0 Å². The van der Waals surface area contributed by atoms with Crippen molar-refractivity contribution in [3.05, 3.63) is 28.5 Å². The van der Waals surface area contributed by atoms with Gasteiger partial charge in [-0.2, -0.15) is 0 Å². The van der Waals surface area contributed by atoms with Crippen molar-refractivity contribution >= 4 is 27.8 Å². The average molecular weight is 327 g/mol. The highest BCUT2D eigenvalue weighted by Crippen LogP contribution is 2.24. The summed E-state index contributed by atoms with van der Waals surface area (Å²) in [6.07, 6.45) is 1.32. The Hall–Kier alpha value is -1.43. The molecule has 1 amide bonds. The van der Waals surface area contributed by atoms with Gasteiger partial charge in [0, 0.05) is 6.54 Å². The molecule has 0 radical (unpaired) electrons. The number of likely N-dealkylation sites (tertiary alicyclic amines) is 1. The van der Waals surface area contributed by atoms with E-state index in [1.165, 1.54) is 4.90 Å². The second-order valence-electron chi connectivity index (χ2n) is 4.83. The Kier molecular flexibility index (Phi) is 4.19. The van der Waals surface area contributed by atoms with Crippen molar-refractivity contribution in [1.82, 2.24) is 9.88 Å². The van der Waals surface area contributed by atoms with Gasteiger partial charge in [-0.15, -0.1) is 0 Å². The Balaban J connectivity index is 2.24. The van der Waals surface area contributed by atoms with Gasteiger partial charge < -0.3 is 10.0 Å². The second-order valence-corrected chi connectivity index (χ2v) is 5.64. The summed E-state index contributed by atoms with van der Waals surface area (Å²) in [5.74, 6) is -0.948. The molecule has 2 rings (SSSR count). The van der Waals surface area contributed by atoms with Crippen LogP contribution < -0.4 is 0 Å². The second kappa shape index (κ2) is 5.69. The summed E-state index contributed by atoms with van der Waals surface area (Å²) in [5, 5.41) is 9.25. The first-order valence-corrected chi connectivity index (χ1v) is 6.94. The Labute approximate surface area is 119 Å². The molecule has 1 N–H and O–H groups in total. The van der Waals surface area contributed by atoms with Crippen molar-refractivity contribution in [2.45, 2.75) is 25.8 Å². The molecule has 1 saturated heterocycles. The van der Waals surface area contributed by atoms with Crippen LogP contribution in [0.5, 0.6) is 0 Å². The maximum atomic E-state index is 12.4. The van der Waals surface area contributed by atoms with Crippen LogP contribution in [0.3, 0.4) is 0 Å². The number of pyridine rings is 1. The summed E-state index contributed by atoms with van der Waals surface area (Å²) < 4.78 is 0.565. The van der Waals surface area contributed by atoms with Crippen LogP contribution in [0.4, 0.5) is 0 Å². The normalized spacial score (nSPS) is 23.2. The van der Waals surface area contributed by atoms with Crippen LogP contribution in [0.2, 0.25) is 0 Å². The highest BCUT2D eigenvalue weighted by Gasteiger charge is 2.35. The van der Waals surface area contributed by atoms with Gasteiger partial charge in [0.15, 0.2) is 0 Å². The van der Waals surface area contributed by atoms with Crippen molar-refractivity contribution in [3.8, 4) is 0 Å². The van der Waals surface area contributed by atoms with E-state index >= 15 is 0 Å². The molecular formula is C13H15BrN2O3. The molecule has 0 bridgehead atoms. The fourth-order valence-corrected chi connectivity index (χ4v) is 2.64. The predicted molar refractivity (Wildman–Crippen MR) is 72.8 cm³/mol. The molecule has 19 heavy (non-hydrogen) atoms. The summed E-state index contributed by atoms with van der Waals surface area (Å²) >= 11 is 3.21. The summed E-state index contributed by atoms with van der Waals surface area (Å²) in [4.78, 5) is 29.1. The molecule has 0 aromatic carbocycles. The Bertz CT molecular complexity index is 506. The number of rotatable bonds is 2. The van der Waals surface area contributed by atoms with Gasteiger partial charge in [-0.05, 0) is 46.8 Å². The van der Waals surface area contributed by atoms with Gasteiger partial charge in [0.2, 0.25) is 0 Å². The maximum absolute atomic E-state index is 12.4. The maximum Gasteiger partial charge on any atom is 0.326 e. The highest BCUT2D eigenvalue weighted by molar-refractivity contribution is 9.10. The van der Waals surface area contributed by atoms with Gasteiger partial charge in [0.1, 0.15) is 16.3 Å². The topological polar surface area (TPSA) is 70.5 Å². The molecule has 2 heterocycles. The van der Waals surface area contributed by atoms with Crippen LogP contribution in [-0.2, 0) is 4.79 Å². The number of hydrogen-bond donors (Lipinski definition) is 1. The summed E-state index contributed by atoms with van der Waals surface area (Å²) in [6, 6.07) is 4.29. The largest absolute Gasteiger partial charge is 0.480 e. The smallest absolute Gasteiger partial charge is 0.326 e. The van der Waals surface area contributed by atoms with Gasteiger partial charge in [-0.25, -0.2) is 9.78 Å². The van der Waals surface area contributed by atoms with Gasteiger partial charge in [-0.1, -0.05) is 13.0 Å². The molecular weight excluding hydrogens is 312 g/mol. The number of hydrogen-bond acceptors (Lipinski definition) is 3. The molecule has 2 atom stereocenters. The SMILES string of the molecule is CC1CCN(C(=O)c2cccc(Br)n2)C(C(=O)O)C1. The molecule has 1 aromatic rings. The fraction of sp³-hybridized carbons (Fsp3) is 0.462. The summed E-state index contributed by atoms with van der Waals surface area (Å²) in [5.41, 5.74) is 0.273. The Morgan fingerprint density at radius 1 is 1.47 bits per heavy atom. The van der Waals surface area contributed by atoms with Crippen molar-refractivity contribution in [3.63, 3.8) is 0 Å². The van der Waals surface area contributed by atoms with Gasteiger partial charge in [-0.3, -0.25) is 4.79 Å². The third-order valence-corrected chi connectivity index (χ3v) is 3.79. The number of halogens is 1. The van der Waals surface area contributed by atoms with Crippen LogP contribution >= 0.6 is 15.9 Å². The third-order valence-electron chi connectivity index (χ3n) is 3.34. The number of carboxylic acid groups (broad SMARTS) is 1. The molecule has 1 aliphatic rings. The highest BCUT2D eigenvalue weighted by atomic mass is 79.9. The molecule has 0 spiro atoms. The minimum Gasteiger partial charge on any atom is -0.480 e. The van der Waals surface area contributed by atoms with Crippen molar-refractivity contribution < 1.29 is 14.7 Å². The quantitative estimate of drug-likeness (QED) is 0.845. The first-order valence-electron chi connectivity index (χ1n) is 6.15.